The summed E-state index contributed by atoms with van der Waals surface area (Å²) in [5, 5.41) is 3.70. The number of rotatable bonds is 5. The van der Waals surface area contributed by atoms with E-state index in [4.69, 9.17) is 4.74 Å². The number of aromatic nitrogens is 2. The minimum atomic E-state index is -0.314. The number of H-pyrrole nitrogens is 1. The minimum Gasteiger partial charge on any atom is -0.457 e. The van der Waals surface area contributed by atoms with Crippen molar-refractivity contribution < 1.29 is 13.9 Å². The van der Waals surface area contributed by atoms with Crippen molar-refractivity contribution in [2.75, 3.05) is 5.32 Å². The highest BCUT2D eigenvalue weighted by Crippen LogP contribution is 2.24. The normalized spacial score (nSPS) is 10.7. The summed E-state index contributed by atoms with van der Waals surface area (Å²) in [5.41, 5.74) is 2.12. The summed E-state index contributed by atoms with van der Waals surface area (Å²) in [7, 11) is 0. The third-order valence-electron chi connectivity index (χ3n) is 4.08. The van der Waals surface area contributed by atoms with Crippen LogP contribution in [0.1, 0.15) is 5.56 Å². The predicted molar refractivity (Wildman–Crippen MR) is 101 cm³/mol. The van der Waals surface area contributed by atoms with Crippen LogP contribution in [-0.4, -0.2) is 15.9 Å². The molecule has 1 amide bonds. The Bertz CT molecular complexity index is 1090. The van der Waals surface area contributed by atoms with Crippen LogP contribution in [0.5, 0.6) is 11.5 Å². The third-order valence-corrected chi connectivity index (χ3v) is 4.08. The predicted octanol–water partition coefficient (Wildman–Crippen LogP) is 4.68. The number of carbonyl (C=O) groups is 1. The Hall–Kier alpha value is -3.67. The second kappa shape index (κ2) is 7.29. The van der Waals surface area contributed by atoms with E-state index >= 15 is 0 Å². The maximum Gasteiger partial charge on any atom is 0.228 e. The number of nitrogens with zero attached hydrogens (tertiary/aromatic N) is 1. The minimum absolute atomic E-state index is 0.165. The van der Waals surface area contributed by atoms with Gasteiger partial charge in [0.1, 0.15) is 17.3 Å². The largest absolute Gasteiger partial charge is 0.457 e. The molecule has 2 N–H and O–H groups in total. The SMILES string of the molecule is O=C(Cc1c[nH]c2cc(F)ccc12)Nc1cccc(Oc2ccncc2)c1. The van der Waals surface area contributed by atoms with Gasteiger partial charge in [0, 0.05) is 41.2 Å². The van der Waals surface area contributed by atoms with Crippen molar-refractivity contribution in [1.29, 1.82) is 0 Å². The molecular formula is C21H16FN3O2. The first-order valence-electron chi connectivity index (χ1n) is 8.41. The third kappa shape index (κ3) is 3.95. The number of amides is 1. The Kier molecular flexibility index (Phi) is 4.53. The van der Waals surface area contributed by atoms with Gasteiger partial charge in [0.2, 0.25) is 5.91 Å². The quantitative estimate of drug-likeness (QED) is 0.543. The standard InChI is InChI=1S/C21H16FN3O2/c22-15-4-5-19-14(13-24-20(19)11-15)10-21(26)25-16-2-1-3-18(12-16)27-17-6-8-23-9-7-17/h1-9,11-13,24H,10H2,(H,25,26). The fourth-order valence-electron chi connectivity index (χ4n) is 2.86. The van der Waals surface area contributed by atoms with Crippen molar-refractivity contribution in [3.05, 3.63) is 84.6 Å². The molecule has 0 saturated carbocycles. The molecule has 0 aliphatic carbocycles. The highest BCUT2D eigenvalue weighted by atomic mass is 19.1. The second-order valence-electron chi connectivity index (χ2n) is 6.04. The summed E-state index contributed by atoms with van der Waals surface area (Å²) >= 11 is 0. The molecule has 27 heavy (non-hydrogen) atoms. The number of ether oxygens (including phenoxy) is 1. The number of aromatic amines is 1. The average molecular weight is 361 g/mol. The van der Waals surface area contributed by atoms with Crippen molar-refractivity contribution in [1.82, 2.24) is 9.97 Å². The molecular weight excluding hydrogens is 345 g/mol. The van der Waals surface area contributed by atoms with Crippen LogP contribution < -0.4 is 10.1 Å². The summed E-state index contributed by atoms with van der Waals surface area (Å²) in [5.74, 6) is 0.800. The summed E-state index contributed by atoms with van der Waals surface area (Å²) in [4.78, 5) is 19.3. The number of hydrogen-bond donors (Lipinski definition) is 2. The molecule has 2 heterocycles. The Balaban J connectivity index is 1.45. The number of fused-ring (bicyclic) bond motifs is 1. The van der Waals surface area contributed by atoms with Gasteiger partial charge in [0.05, 0.1) is 6.42 Å². The molecule has 4 rings (SSSR count). The summed E-state index contributed by atoms with van der Waals surface area (Å²) in [6.45, 7) is 0. The molecule has 0 fully saturated rings. The van der Waals surface area contributed by atoms with Crippen LogP contribution in [0.25, 0.3) is 10.9 Å². The molecule has 0 saturated heterocycles. The molecule has 4 aromatic rings. The van der Waals surface area contributed by atoms with Crippen LogP contribution in [0.2, 0.25) is 0 Å². The van der Waals surface area contributed by atoms with Gasteiger partial charge in [-0.2, -0.15) is 0 Å². The van der Waals surface area contributed by atoms with Gasteiger partial charge in [-0.25, -0.2) is 4.39 Å². The Labute approximate surface area is 154 Å². The molecule has 0 aliphatic heterocycles. The smallest absolute Gasteiger partial charge is 0.228 e. The monoisotopic (exact) mass is 361 g/mol. The number of halogens is 1. The van der Waals surface area contributed by atoms with Crippen molar-refractivity contribution in [2.45, 2.75) is 6.42 Å². The van der Waals surface area contributed by atoms with E-state index in [0.717, 1.165) is 10.9 Å². The molecule has 0 atom stereocenters. The topological polar surface area (TPSA) is 67.0 Å². The van der Waals surface area contributed by atoms with Gasteiger partial charge in [-0.05, 0) is 48.0 Å². The maximum absolute atomic E-state index is 13.3. The summed E-state index contributed by atoms with van der Waals surface area (Å²) in [6.07, 6.45) is 5.20. The number of carbonyl (C=O) groups excluding carboxylic acids is 1. The first-order chi connectivity index (χ1) is 13.2. The second-order valence-corrected chi connectivity index (χ2v) is 6.04. The van der Waals surface area contributed by atoms with Crippen LogP contribution in [0.3, 0.4) is 0 Å². The fraction of sp³-hybridized carbons (Fsp3) is 0.0476. The Morgan fingerprint density at radius 2 is 1.93 bits per heavy atom. The van der Waals surface area contributed by atoms with Crippen molar-refractivity contribution >= 4 is 22.5 Å². The fourth-order valence-corrected chi connectivity index (χ4v) is 2.86. The van der Waals surface area contributed by atoms with Gasteiger partial charge in [0.15, 0.2) is 0 Å². The van der Waals surface area contributed by atoms with Crippen molar-refractivity contribution in [3.63, 3.8) is 0 Å². The van der Waals surface area contributed by atoms with Gasteiger partial charge < -0.3 is 15.0 Å². The van der Waals surface area contributed by atoms with Crippen LogP contribution in [0.15, 0.2) is 73.2 Å². The number of pyridine rings is 1. The lowest BCUT2D eigenvalue weighted by atomic mass is 10.1. The van der Waals surface area contributed by atoms with Gasteiger partial charge >= 0.3 is 0 Å². The zero-order chi connectivity index (χ0) is 18.6. The molecule has 0 spiro atoms. The molecule has 0 bridgehead atoms. The van der Waals surface area contributed by atoms with Crippen LogP contribution in [0, 0.1) is 5.82 Å². The van der Waals surface area contributed by atoms with E-state index in [1.807, 2.05) is 6.07 Å². The number of anilines is 1. The molecule has 0 unspecified atom stereocenters. The Morgan fingerprint density at radius 1 is 1.07 bits per heavy atom. The van der Waals surface area contributed by atoms with Crippen LogP contribution >= 0.6 is 0 Å². The van der Waals surface area contributed by atoms with E-state index in [-0.39, 0.29) is 18.1 Å². The molecule has 0 radical (unpaired) electrons. The highest BCUT2D eigenvalue weighted by molar-refractivity contribution is 5.95. The zero-order valence-electron chi connectivity index (χ0n) is 14.3. The number of hydrogen-bond acceptors (Lipinski definition) is 3. The number of benzene rings is 2. The van der Waals surface area contributed by atoms with E-state index < -0.39 is 0 Å². The first kappa shape index (κ1) is 16.8. The highest BCUT2D eigenvalue weighted by Gasteiger charge is 2.10. The van der Waals surface area contributed by atoms with E-state index in [9.17, 15) is 9.18 Å². The maximum atomic E-state index is 13.3. The van der Waals surface area contributed by atoms with E-state index in [0.29, 0.717) is 22.7 Å². The summed E-state index contributed by atoms with van der Waals surface area (Å²) < 4.78 is 19.0. The van der Waals surface area contributed by atoms with Gasteiger partial charge in [-0.1, -0.05) is 6.07 Å². The molecule has 6 heteroatoms. The van der Waals surface area contributed by atoms with Gasteiger partial charge in [-0.3, -0.25) is 9.78 Å². The van der Waals surface area contributed by atoms with Crippen LogP contribution in [-0.2, 0) is 11.2 Å². The molecule has 2 aromatic carbocycles. The van der Waals surface area contributed by atoms with E-state index in [1.54, 1.807) is 55.0 Å². The Morgan fingerprint density at radius 3 is 2.78 bits per heavy atom. The lowest BCUT2D eigenvalue weighted by Crippen LogP contribution is -2.14. The van der Waals surface area contributed by atoms with E-state index in [2.05, 4.69) is 15.3 Å². The van der Waals surface area contributed by atoms with E-state index in [1.165, 1.54) is 12.1 Å². The zero-order valence-corrected chi connectivity index (χ0v) is 14.3. The van der Waals surface area contributed by atoms with Gasteiger partial charge in [0.25, 0.3) is 0 Å². The molecule has 2 aromatic heterocycles. The lowest BCUT2D eigenvalue weighted by Gasteiger charge is -2.09. The summed E-state index contributed by atoms with van der Waals surface area (Å²) in [6, 6.07) is 15.1. The van der Waals surface area contributed by atoms with Crippen LogP contribution in [0.4, 0.5) is 10.1 Å². The van der Waals surface area contributed by atoms with Crippen molar-refractivity contribution in [2.24, 2.45) is 0 Å². The molecule has 5 nitrogen and oxygen atoms in total. The molecule has 134 valence electrons. The average Bonchev–Trinajstić information content (AvgIpc) is 3.04. The number of nitrogens with one attached hydrogen (secondary N) is 2. The lowest BCUT2D eigenvalue weighted by molar-refractivity contribution is -0.115. The first-order valence-corrected chi connectivity index (χ1v) is 8.41. The van der Waals surface area contributed by atoms with Gasteiger partial charge in [-0.15, -0.1) is 0 Å². The molecule has 0 aliphatic rings. The van der Waals surface area contributed by atoms with Crippen molar-refractivity contribution in [3.8, 4) is 11.5 Å².